The Hall–Kier alpha value is -2.86. The summed E-state index contributed by atoms with van der Waals surface area (Å²) in [6.07, 6.45) is 1.69. The molecule has 2 aromatic rings. The average Bonchev–Trinajstić information content (AvgIpc) is 2.70. The second kappa shape index (κ2) is 9.37. The number of nitrogens with zero attached hydrogens (tertiary/aromatic N) is 2. The van der Waals surface area contributed by atoms with Crippen LogP contribution in [0.5, 0.6) is 0 Å². The first-order chi connectivity index (χ1) is 13.5. The molecule has 3 rings (SSSR count). The van der Waals surface area contributed by atoms with Crippen LogP contribution >= 0.6 is 0 Å². The topological polar surface area (TPSA) is 64.7 Å². The van der Waals surface area contributed by atoms with E-state index in [1.54, 1.807) is 0 Å². The molecule has 0 spiro atoms. The summed E-state index contributed by atoms with van der Waals surface area (Å²) in [5.74, 6) is -0.0414. The van der Waals surface area contributed by atoms with Crippen LogP contribution in [0.25, 0.3) is 0 Å². The Labute approximate surface area is 166 Å². The van der Waals surface area contributed by atoms with Gasteiger partial charge in [0.25, 0.3) is 5.91 Å². The van der Waals surface area contributed by atoms with Gasteiger partial charge in [-0.25, -0.2) is 0 Å². The Morgan fingerprint density at radius 3 is 2.25 bits per heavy atom. The molecule has 0 aromatic heterocycles. The number of para-hydroxylation sites is 1. The lowest BCUT2D eigenvalue weighted by Crippen LogP contribution is -2.46. The van der Waals surface area contributed by atoms with Crippen LogP contribution in [-0.4, -0.2) is 56.5 Å². The summed E-state index contributed by atoms with van der Waals surface area (Å²) in [6, 6.07) is 17.2. The van der Waals surface area contributed by atoms with Gasteiger partial charge in [0.1, 0.15) is 0 Å². The van der Waals surface area contributed by atoms with Crippen LogP contribution in [0.4, 0.5) is 11.4 Å². The molecule has 148 valence electrons. The summed E-state index contributed by atoms with van der Waals surface area (Å²) in [5, 5.41) is 6.03. The number of amides is 2. The van der Waals surface area contributed by atoms with E-state index in [0.29, 0.717) is 12.1 Å². The molecule has 1 heterocycles. The fourth-order valence-electron chi connectivity index (χ4n) is 3.34. The molecule has 0 bridgehead atoms. The molecule has 6 nitrogen and oxygen atoms in total. The smallest absolute Gasteiger partial charge is 0.251 e. The fraction of sp³-hybridized carbons (Fsp3) is 0.364. The van der Waals surface area contributed by atoms with Crippen LogP contribution in [0.15, 0.2) is 54.6 Å². The largest absolute Gasteiger partial charge is 0.378 e. The molecule has 2 amide bonds. The van der Waals surface area contributed by atoms with Crippen molar-refractivity contribution in [1.29, 1.82) is 0 Å². The number of likely N-dealkylation sites (tertiary alicyclic amines) is 1. The molecule has 0 aliphatic carbocycles. The maximum atomic E-state index is 12.5. The first kappa shape index (κ1) is 19.9. The Balaban J connectivity index is 1.42. The average molecular weight is 380 g/mol. The van der Waals surface area contributed by atoms with E-state index in [9.17, 15) is 9.59 Å². The van der Waals surface area contributed by atoms with E-state index >= 15 is 0 Å². The lowest BCUT2D eigenvalue weighted by Gasteiger charge is -2.31. The molecule has 0 radical (unpaired) electrons. The summed E-state index contributed by atoms with van der Waals surface area (Å²) in [7, 11) is 3.95. The Morgan fingerprint density at radius 1 is 1.00 bits per heavy atom. The number of carbonyl (C=O) groups is 2. The number of benzene rings is 2. The molecule has 2 N–H and O–H groups in total. The van der Waals surface area contributed by atoms with Crippen molar-refractivity contribution in [2.75, 3.05) is 43.9 Å². The van der Waals surface area contributed by atoms with Gasteiger partial charge in [-0.15, -0.1) is 0 Å². The van der Waals surface area contributed by atoms with Crippen molar-refractivity contribution >= 4 is 23.2 Å². The minimum atomic E-state index is -0.0365. The molecule has 2 aromatic carbocycles. The fourth-order valence-corrected chi connectivity index (χ4v) is 3.34. The summed E-state index contributed by atoms with van der Waals surface area (Å²) >= 11 is 0. The minimum Gasteiger partial charge on any atom is -0.378 e. The van der Waals surface area contributed by atoms with Crippen molar-refractivity contribution in [3.63, 3.8) is 0 Å². The number of hydrogen-bond acceptors (Lipinski definition) is 4. The predicted molar refractivity (Wildman–Crippen MR) is 113 cm³/mol. The van der Waals surface area contributed by atoms with Crippen molar-refractivity contribution in [2.24, 2.45) is 0 Å². The van der Waals surface area contributed by atoms with Gasteiger partial charge >= 0.3 is 0 Å². The van der Waals surface area contributed by atoms with Crippen LogP contribution in [0.3, 0.4) is 0 Å². The van der Waals surface area contributed by atoms with Crippen LogP contribution in [0, 0.1) is 0 Å². The molecular weight excluding hydrogens is 352 g/mol. The molecule has 1 saturated heterocycles. The van der Waals surface area contributed by atoms with Crippen LogP contribution in [-0.2, 0) is 4.79 Å². The first-order valence-corrected chi connectivity index (χ1v) is 9.67. The van der Waals surface area contributed by atoms with Gasteiger partial charge in [0.2, 0.25) is 5.91 Å². The van der Waals surface area contributed by atoms with E-state index in [1.807, 2.05) is 73.6 Å². The highest BCUT2D eigenvalue weighted by molar-refractivity contribution is 5.94. The number of rotatable bonds is 6. The van der Waals surface area contributed by atoms with E-state index in [-0.39, 0.29) is 17.9 Å². The van der Waals surface area contributed by atoms with E-state index in [4.69, 9.17) is 0 Å². The van der Waals surface area contributed by atoms with Gasteiger partial charge in [0.05, 0.1) is 6.54 Å². The SMILES string of the molecule is CN(C)c1ccc(C(=O)NC2CCN(CC(=O)Nc3ccccc3)CC2)cc1. The number of piperidine rings is 1. The maximum absolute atomic E-state index is 12.5. The lowest BCUT2D eigenvalue weighted by molar-refractivity contribution is -0.117. The molecule has 0 saturated carbocycles. The van der Waals surface area contributed by atoms with E-state index in [0.717, 1.165) is 37.3 Å². The quantitative estimate of drug-likeness (QED) is 0.809. The van der Waals surface area contributed by atoms with Crippen molar-refractivity contribution in [3.8, 4) is 0 Å². The van der Waals surface area contributed by atoms with Gasteiger partial charge < -0.3 is 15.5 Å². The molecule has 6 heteroatoms. The van der Waals surface area contributed by atoms with E-state index in [2.05, 4.69) is 15.5 Å². The Bertz CT molecular complexity index is 782. The first-order valence-electron chi connectivity index (χ1n) is 9.67. The van der Waals surface area contributed by atoms with Gasteiger partial charge in [0, 0.05) is 50.2 Å². The molecule has 0 atom stereocenters. The van der Waals surface area contributed by atoms with Gasteiger partial charge in [-0.1, -0.05) is 18.2 Å². The van der Waals surface area contributed by atoms with E-state index < -0.39 is 0 Å². The molecular formula is C22H28N4O2. The highest BCUT2D eigenvalue weighted by Crippen LogP contribution is 2.15. The molecule has 1 aliphatic heterocycles. The van der Waals surface area contributed by atoms with Crippen molar-refractivity contribution < 1.29 is 9.59 Å². The van der Waals surface area contributed by atoms with Gasteiger partial charge in [-0.05, 0) is 49.2 Å². The Morgan fingerprint density at radius 2 is 1.64 bits per heavy atom. The second-order valence-electron chi connectivity index (χ2n) is 7.38. The highest BCUT2D eigenvalue weighted by Gasteiger charge is 2.22. The number of carbonyl (C=O) groups excluding carboxylic acids is 2. The number of hydrogen-bond donors (Lipinski definition) is 2. The third kappa shape index (κ3) is 5.57. The van der Waals surface area contributed by atoms with E-state index in [1.165, 1.54) is 0 Å². The third-order valence-electron chi connectivity index (χ3n) is 4.99. The molecule has 1 aliphatic rings. The lowest BCUT2D eigenvalue weighted by atomic mass is 10.0. The summed E-state index contributed by atoms with van der Waals surface area (Å²) in [4.78, 5) is 28.8. The zero-order chi connectivity index (χ0) is 19.9. The van der Waals surface area contributed by atoms with Gasteiger partial charge in [-0.3, -0.25) is 14.5 Å². The van der Waals surface area contributed by atoms with Crippen LogP contribution in [0.2, 0.25) is 0 Å². The highest BCUT2D eigenvalue weighted by atomic mass is 16.2. The molecule has 28 heavy (non-hydrogen) atoms. The standard InChI is InChI=1S/C22H28N4O2/c1-25(2)20-10-8-17(9-11-20)22(28)24-19-12-14-26(15-13-19)16-21(27)23-18-6-4-3-5-7-18/h3-11,19H,12-16H2,1-2H3,(H,23,27)(H,24,28). The summed E-state index contributed by atoms with van der Waals surface area (Å²) in [6.45, 7) is 1.97. The van der Waals surface area contributed by atoms with Crippen molar-refractivity contribution in [3.05, 3.63) is 60.2 Å². The number of anilines is 2. The van der Waals surface area contributed by atoms with Gasteiger partial charge in [-0.2, -0.15) is 0 Å². The zero-order valence-electron chi connectivity index (χ0n) is 16.5. The predicted octanol–water partition coefficient (Wildman–Crippen LogP) is 2.59. The normalized spacial score (nSPS) is 15.1. The zero-order valence-corrected chi connectivity index (χ0v) is 16.5. The monoisotopic (exact) mass is 380 g/mol. The van der Waals surface area contributed by atoms with Gasteiger partial charge in [0.15, 0.2) is 0 Å². The maximum Gasteiger partial charge on any atom is 0.251 e. The van der Waals surface area contributed by atoms with Crippen LogP contribution in [0.1, 0.15) is 23.2 Å². The number of nitrogens with one attached hydrogen (secondary N) is 2. The Kier molecular flexibility index (Phi) is 6.66. The van der Waals surface area contributed by atoms with Crippen molar-refractivity contribution in [2.45, 2.75) is 18.9 Å². The summed E-state index contributed by atoms with van der Waals surface area (Å²) in [5.41, 5.74) is 2.56. The summed E-state index contributed by atoms with van der Waals surface area (Å²) < 4.78 is 0. The van der Waals surface area contributed by atoms with Crippen LogP contribution < -0.4 is 15.5 Å². The molecule has 1 fully saturated rings. The third-order valence-corrected chi connectivity index (χ3v) is 4.99. The minimum absolute atomic E-state index is 0.00494. The van der Waals surface area contributed by atoms with Crippen molar-refractivity contribution in [1.82, 2.24) is 10.2 Å². The second-order valence-corrected chi connectivity index (χ2v) is 7.38. The molecule has 0 unspecified atom stereocenters.